The summed E-state index contributed by atoms with van der Waals surface area (Å²) in [5, 5.41) is 14.9. The molecule has 0 saturated carbocycles. The molecule has 2 atom stereocenters. The number of hydrogen-bond acceptors (Lipinski definition) is 5. The highest BCUT2D eigenvalue weighted by Gasteiger charge is 2.31. The molecule has 132 valence electrons. The molecule has 0 bridgehead atoms. The van der Waals surface area contributed by atoms with E-state index in [0.29, 0.717) is 32.5 Å². The first-order valence-corrected chi connectivity index (χ1v) is 8.26. The van der Waals surface area contributed by atoms with E-state index in [1.165, 1.54) is 0 Å². The second kappa shape index (κ2) is 9.03. The minimum absolute atomic E-state index is 0.0707. The molecule has 0 aliphatic heterocycles. The number of aliphatic hydroxyl groups excluding tert-OH is 1. The summed E-state index contributed by atoms with van der Waals surface area (Å²) in [6, 6.07) is 0. The van der Waals surface area contributed by atoms with E-state index in [9.17, 15) is 9.59 Å². The number of rotatable bonds is 10. The molecular formula is C17H30N2O4. The second-order valence-corrected chi connectivity index (χ2v) is 7.01. The van der Waals surface area contributed by atoms with Crippen molar-refractivity contribution in [2.24, 2.45) is 5.92 Å². The van der Waals surface area contributed by atoms with E-state index in [-0.39, 0.29) is 17.8 Å². The van der Waals surface area contributed by atoms with Crippen LogP contribution in [0.2, 0.25) is 0 Å². The Bertz CT molecular complexity index is 438. The molecule has 1 aliphatic rings. The molecule has 0 aromatic heterocycles. The van der Waals surface area contributed by atoms with Crippen LogP contribution < -0.4 is 10.6 Å². The number of allylic oxidation sites excluding steroid dienone is 1. The predicted molar refractivity (Wildman–Crippen MR) is 88.8 cm³/mol. The van der Waals surface area contributed by atoms with Crippen LogP contribution in [0.1, 0.15) is 47.0 Å². The van der Waals surface area contributed by atoms with Crippen molar-refractivity contribution in [3.05, 3.63) is 11.6 Å². The van der Waals surface area contributed by atoms with E-state index in [4.69, 9.17) is 9.84 Å². The Hall–Kier alpha value is -1.40. The van der Waals surface area contributed by atoms with Crippen molar-refractivity contribution in [3.63, 3.8) is 0 Å². The van der Waals surface area contributed by atoms with Crippen molar-refractivity contribution in [2.75, 3.05) is 19.6 Å². The second-order valence-electron chi connectivity index (χ2n) is 7.01. The Morgan fingerprint density at radius 3 is 2.52 bits per heavy atom. The highest BCUT2D eigenvalue weighted by molar-refractivity contribution is 5.80. The Morgan fingerprint density at radius 2 is 2.00 bits per heavy atom. The normalized spacial score (nSPS) is 16.3. The van der Waals surface area contributed by atoms with Crippen molar-refractivity contribution in [1.82, 2.24) is 10.6 Å². The van der Waals surface area contributed by atoms with Gasteiger partial charge in [0.1, 0.15) is 5.60 Å². The third-order valence-electron chi connectivity index (χ3n) is 3.30. The number of esters is 1. The molecule has 1 amide bonds. The molecule has 1 rings (SSSR count). The lowest BCUT2D eigenvalue weighted by molar-refractivity contribution is -0.158. The summed E-state index contributed by atoms with van der Waals surface area (Å²) in [6.45, 7) is 8.85. The van der Waals surface area contributed by atoms with Crippen LogP contribution in [0.3, 0.4) is 0 Å². The van der Waals surface area contributed by atoms with E-state index in [1.807, 2.05) is 26.8 Å². The van der Waals surface area contributed by atoms with E-state index < -0.39 is 11.7 Å². The van der Waals surface area contributed by atoms with Gasteiger partial charge in [0.05, 0.1) is 12.0 Å². The minimum Gasteiger partial charge on any atom is -0.460 e. The first-order valence-electron chi connectivity index (χ1n) is 8.26. The predicted octanol–water partition coefficient (Wildman–Crippen LogP) is 1.14. The van der Waals surface area contributed by atoms with Gasteiger partial charge < -0.3 is 20.5 Å². The van der Waals surface area contributed by atoms with Crippen LogP contribution in [0.4, 0.5) is 0 Å². The van der Waals surface area contributed by atoms with Crippen LogP contribution in [0, 0.1) is 5.92 Å². The van der Waals surface area contributed by atoms with Gasteiger partial charge in [-0.15, -0.1) is 0 Å². The molecule has 3 N–H and O–H groups in total. The van der Waals surface area contributed by atoms with Crippen molar-refractivity contribution >= 4 is 11.9 Å². The third-order valence-corrected chi connectivity index (χ3v) is 3.30. The quantitative estimate of drug-likeness (QED) is 0.318. The van der Waals surface area contributed by atoms with E-state index in [1.54, 1.807) is 6.92 Å². The first kappa shape index (κ1) is 19.6. The van der Waals surface area contributed by atoms with Crippen LogP contribution >= 0.6 is 0 Å². The highest BCUT2D eigenvalue weighted by atomic mass is 16.6. The van der Waals surface area contributed by atoms with Crippen LogP contribution in [-0.2, 0) is 14.3 Å². The number of aliphatic hydroxyl groups is 1. The molecule has 0 heterocycles. The minimum atomic E-state index is -0.511. The SMILES string of the molecule is CC(O)CNCCNC(=O)CCC(C(=O)OC(C)(C)C)C1=CC1. The Morgan fingerprint density at radius 1 is 1.35 bits per heavy atom. The van der Waals surface area contributed by atoms with Crippen molar-refractivity contribution in [2.45, 2.75) is 58.7 Å². The zero-order valence-electron chi connectivity index (χ0n) is 14.6. The van der Waals surface area contributed by atoms with Crippen LogP contribution in [0.25, 0.3) is 0 Å². The van der Waals surface area contributed by atoms with Gasteiger partial charge in [-0.25, -0.2) is 0 Å². The van der Waals surface area contributed by atoms with Gasteiger partial charge in [0, 0.05) is 26.1 Å². The van der Waals surface area contributed by atoms with E-state index in [0.717, 1.165) is 12.0 Å². The summed E-state index contributed by atoms with van der Waals surface area (Å²) in [5.74, 6) is -0.611. The molecule has 0 aromatic carbocycles. The van der Waals surface area contributed by atoms with Crippen LogP contribution in [0.15, 0.2) is 11.6 Å². The molecule has 0 spiro atoms. The molecule has 6 nitrogen and oxygen atoms in total. The number of nitrogens with one attached hydrogen (secondary N) is 2. The summed E-state index contributed by atoms with van der Waals surface area (Å²) >= 11 is 0. The molecule has 1 aliphatic carbocycles. The largest absolute Gasteiger partial charge is 0.460 e. The Kier molecular flexibility index (Phi) is 7.72. The molecule has 0 aromatic rings. The summed E-state index contributed by atoms with van der Waals surface area (Å²) in [4.78, 5) is 24.0. The van der Waals surface area contributed by atoms with Crippen molar-refractivity contribution in [3.8, 4) is 0 Å². The number of carbonyl (C=O) groups excluding carboxylic acids is 2. The summed E-state index contributed by atoms with van der Waals surface area (Å²) in [6.07, 6.45) is 3.24. The van der Waals surface area contributed by atoms with Crippen LogP contribution in [0.5, 0.6) is 0 Å². The zero-order chi connectivity index (χ0) is 17.5. The number of ether oxygens (including phenoxy) is 1. The van der Waals surface area contributed by atoms with E-state index >= 15 is 0 Å². The molecule has 23 heavy (non-hydrogen) atoms. The van der Waals surface area contributed by atoms with Gasteiger partial charge in [0.25, 0.3) is 0 Å². The van der Waals surface area contributed by atoms with Crippen LogP contribution in [-0.4, -0.2) is 48.3 Å². The van der Waals surface area contributed by atoms with Gasteiger partial charge in [-0.05, 0) is 40.5 Å². The average molecular weight is 326 g/mol. The summed E-state index contributed by atoms with van der Waals surface area (Å²) in [5.41, 5.74) is 0.563. The van der Waals surface area contributed by atoms with Crippen molar-refractivity contribution < 1.29 is 19.4 Å². The summed E-state index contributed by atoms with van der Waals surface area (Å²) in [7, 11) is 0. The maximum absolute atomic E-state index is 12.2. The third kappa shape index (κ3) is 9.36. The highest BCUT2D eigenvalue weighted by Crippen LogP contribution is 2.33. The average Bonchev–Trinajstić information content (AvgIpc) is 3.20. The maximum atomic E-state index is 12.2. The molecular weight excluding hydrogens is 296 g/mol. The number of carbonyl (C=O) groups is 2. The van der Waals surface area contributed by atoms with Gasteiger partial charge in [0.15, 0.2) is 0 Å². The van der Waals surface area contributed by atoms with E-state index in [2.05, 4.69) is 10.6 Å². The fourth-order valence-corrected chi connectivity index (χ4v) is 2.14. The van der Waals surface area contributed by atoms with Gasteiger partial charge >= 0.3 is 5.97 Å². The number of amides is 1. The fourth-order valence-electron chi connectivity index (χ4n) is 2.14. The molecule has 2 unspecified atom stereocenters. The number of hydrogen-bond donors (Lipinski definition) is 3. The monoisotopic (exact) mass is 326 g/mol. The Labute approximate surface area is 138 Å². The lowest BCUT2D eigenvalue weighted by atomic mass is 9.99. The van der Waals surface area contributed by atoms with Gasteiger partial charge in [-0.3, -0.25) is 9.59 Å². The van der Waals surface area contributed by atoms with Gasteiger partial charge in [0.2, 0.25) is 5.91 Å². The lowest BCUT2D eigenvalue weighted by Gasteiger charge is -2.23. The molecule has 0 radical (unpaired) electrons. The fraction of sp³-hybridized carbons (Fsp3) is 0.765. The maximum Gasteiger partial charge on any atom is 0.313 e. The smallest absolute Gasteiger partial charge is 0.313 e. The zero-order valence-corrected chi connectivity index (χ0v) is 14.6. The molecule has 0 saturated heterocycles. The summed E-state index contributed by atoms with van der Waals surface area (Å²) < 4.78 is 5.42. The molecule has 0 fully saturated rings. The molecule has 6 heteroatoms. The van der Waals surface area contributed by atoms with Gasteiger partial charge in [-0.1, -0.05) is 11.6 Å². The standard InChI is InChI=1S/C17H30N2O4/c1-12(20)11-18-9-10-19-15(21)8-7-14(13-5-6-13)16(22)23-17(2,3)4/h5,12,14,18,20H,6-11H2,1-4H3,(H,19,21). The van der Waals surface area contributed by atoms with Gasteiger partial charge in [-0.2, -0.15) is 0 Å². The topological polar surface area (TPSA) is 87.7 Å². The Balaban J connectivity index is 2.26. The first-order chi connectivity index (χ1) is 10.7. The van der Waals surface area contributed by atoms with Crippen molar-refractivity contribution in [1.29, 1.82) is 0 Å². The lowest BCUT2D eigenvalue weighted by Crippen LogP contribution is -2.35.